The second-order valence-electron chi connectivity index (χ2n) is 29.9. The van der Waals surface area contributed by atoms with Crippen molar-refractivity contribution in [3.63, 3.8) is 0 Å². The van der Waals surface area contributed by atoms with Crippen LogP contribution in [0.4, 0.5) is 0 Å². The van der Waals surface area contributed by atoms with E-state index >= 15 is 0 Å². The van der Waals surface area contributed by atoms with E-state index < -0.39 is 74.2 Å². The van der Waals surface area contributed by atoms with Gasteiger partial charge in [-0.2, -0.15) is 0 Å². The summed E-state index contributed by atoms with van der Waals surface area (Å²) >= 11 is 0. The molecule has 0 spiro atoms. The molecule has 11 heteroatoms. The zero-order valence-corrected chi connectivity index (χ0v) is 62.5. The third-order valence-electron chi connectivity index (χ3n) is 20.8. The molecular weight excluding hydrogens is 1170 g/mol. The van der Waals surface area contributed by atoms with E-state index in [0.717, 1.165) is 38.5 Å². The lowest BCUT2D eigenvalue weighted by molar-refractivity contribution is -0.303. The number of aliphatic hydroxyl groups is 7. The van der Waals surface area contributed by atoms with Crippen molar-refractivity contribution in [2.45, 2.75) is 499 Å². The van der Waals surface area contributed by atoms with E-state index in [0.29, 0.717) is 19.3 Å². The number of amides is 1. The highest BCUT2D eigenvalue weighted by Gasteiger charge is 2.44. The number of unbranched alkanes of at least 4 members (excludes halogenated alkanes) is 62. The monoisotopic (exact) mass is 1330 g/mol. The van der Waals surface area contributed by atoms with Gasteiger partial charge in [-0.3, -0.25) is 4.79 Å². The predicted octanol–water partition coefficient (Wildman–Crippen LogP) is 22.1. The van der Waals surface area contributed by atoms with Crippen molar-refractivity contribution in [3.05, 3.63) is 12.2 Å². The van der Waals surface area contributed by atoms with Crippen LogP contribution >= 0.6 is 0 Å². The standard InChI is InChI=1S/C83H163NO10/c1-3-5-7-9-11-13-15-17-19-21-23-25-27-29-31-33-34-35-36-37-38-39-40-41-43-45-47-49-51-53-55-57-59-61-63-65-67-69-71-76(87)82(92)84-74(73-93-83-81(91)80(90)79(89)77(72-85)94-83)78(88)75(86)70-68-66-64-62-60-58-56-54-52-50-48-46-44-42-32-30-28-26-24-22-20-18-16-14-12-10-8-6-4-2/h37-38,74-81,83,85-91H,3-36,39-73H2,1-2H3,(H,84,92)/b38-37-. The second-order valence-corrected chi connectivity index (χ2v) is 29.9. The summed E-state index contributed by atoms with van der Waals surface area (Å²) in [6, 6.07) is -1.17. The molecule has 0 aromatic rings. The highest BCUT2D eigenvalue weighted by atomic mass is 16.7. The van der Waals surface area contributed by atoms with Gasteiger partial charge in [-0.1, -0.05) is 418 Å². The van der Waals surface area contributed by atoms with Crippen LogP contribution in [0.25, 0.3) is 0 Å². The molecule has 9 unspecified atom stereocenters. The van der Waals surface area contributed by atoms with Gasteiger partial charge in [-0.25, -0.2) is 0 Å². The molecule has 0 bridgehead atoms. The Labute approximate surface area is 582 Å². The predicted molar refractivity (Wildman–Crippen MR) is 399 cm³/mol. The van der Waals surface area contributed by atoms with Gasteiger partial charge >= 0.3 is 0 Å². The fraction of sp³-hybridized carbons (Fsp3) is 0.964. The Balaban J connectivity index is 2.09. The first kappa shape index (κ1) is 90.9. The van der Waals surface area contributed by atoms with Crippen LogP contribution < -0.4 is 5.32 Å². The van der Waals surface area contributed by atoms with E-state index in [2.05, 4.69) is 31.3 Å². The zero-order chi connectivity index (χ0) is 68.1. The van der Waals surface area contributed by atoms with Crippen molar-refractivity contribution in [2.24, 2.45) is 0 Å². The van der Waals surface area contributed by atoms with Crippen molar-refractivity contribution in [2.75, 3.05) is 13.2 Å². The number of allylic oxidation sites excluding steroid dienone is 2. The molecule has 1 fully saturated rings. The van der Waals surface area contributed by atoms with Crippen LogP contribution in [0.5, 0.6) is 0 Å². The first-order chi connectivity index (χ1) is 46.2. The average Bonchev–Trinajstić information content (AvgIpc) is 0.844. The number of hydrogen-bond acceptors (Lipinski definition) is 10. The Bertz CT molecular complexity index is 1540. The summed E-state index contributed by atoms with van der Waals surface area (Å²) in [5.41, 5.74) is 0. The maximum atomic E-state index is 13.3. The number of hydrogen-bond donors (Lipinski definition) is 8. The van der Waals surface area contributed by atoms with Crippen LogP contribution in [0, 0.1) is 0 Å². The lowest BCUT2D eigenvalue weighted by Gasteiger charge is -2.40. The maximum Gasteiger partial charge on any atom is 0.249 e. The molecule has 0 aliphatic carbocycles. The average molecular weight is 1340 g/mol. The summed E-state index contributed by atoms with van der Waals surface area (Å²) in [7, 11) is 0. The van der Waals surface area contributed by atoms with Gasteiger partial charge in [-0.05, 0) is 38.5 Å². The van der Waals surface area contributed by atoms with E-state index in [-0.39, 0.29) is 6.42 Å². The molecule has 0 aromatic carbocycles. The topological polar surface area (TPSA) is 189 Å². The Kier molecular flexibility index (Phi) is 69.3. The molecule has 0 saturated carbocycles. The molecule has 0 aromatic heterocycles. The molecule has 1 heterocycles. The first-order valence-corrected chi connectivity index (χ1v) is 42.1. The summed E-state index contributed by atoms with van der Waals surface area (Å²) in [6.07, 6.45) is 80.6. The van der Waals surface area contributed by atoms with Gasteiger partial charge in [-0.15, -0.1) is 0 Å². The van der Waals surface area contributed by atoms with E-state index in [1.807, 2.05) is 0 Å². The highest BCUT2D eigenvalue weighted by molar-refractivity contribution is 5.80. The lowest BCUT2D eigenvalue weighted by Crippen LogP contribution is -2.60. The Morgan fingerprint density at radius 2 is 0.617 bits per heavy atom. The maximum absolute atomic E-state index is 13.3. The largest absolute Gasteiger partial charge is 0.394 e. The van der Waals surface area contributed by atoms with Crippen molar-refractivity contribution < 1.29 is 50.0 Å². The van der Waals surface area contributed by atoms with Gasteiger partial charge in [0.25, 0.3) is 0 Å². The molecule has 0 radical (unpaired) electrons. The minimum Gasteiger partial charge on any atom is -0.394 e. The summed E-state index contributed by atoms with van der Waals surface area (Å²) in [5, 5.41) is 76.8. The molecular formula is C83H163NO10. The van der Waals surface area contributed by atoms with Crippen LogP contribution in [-0.4, -0.2) is 110 Å². The smallest absolute Gasteiger partial charge is 0.249 e. The quantitative estimate of drug-likeness (QED) is 0.0215. The van der Waals surface area contributed by atoms with Gasteiger partial charge in [0.15, 0.2) is 6.29 Å². The van der Waals surface area contributed by atoms with Crippen molar-refractivity contribution in [1.29, 1.82) is 0 Å². The summed E-state index contributed by atoms with van der Waals surface area (Å²) in [5.74, 6) is -0.686. The molecule has 1 amide bonds. The van der Waals surface area contributed by atoms with Gasteiger partial charge in [0.05, 0.1) is 25.4 Å². The number of ether oxygens (including phenoxy) is 2. The van der Waals surface area contributed by atoms with Crippen LogP contribution in [0.1, 0.15) is 444 Å². The minimum absolute atomic E-state index is 0.265. The summed E-state index contributed by atoms with van der Waals surface area (Å²) < 4.78 is 11.2. The normalized spacial score (nSPS) is 18.2. The molecule has 9 atom stereocenters. The SMILES string of the molecule is CCCCCCCCCCCCCCCCCCCC/C=C\CCCCCCCCCCCCCCCCCCC(O)C(=O)NC(COC1OC(CO)C(O)C(O)C1O)C(O)C(O)CCCCCCCCCCCCCCCCCCCCCCCCCCCCCCC. The number of nitrogens with one attached hydrogen (secondary N) is 1. The molecule has 1 saturated heterocycles. The molecule has 1 aliphatic rings. The van der Waals surface area contributed by atoms with Crippen molar-refractivity contribution in [1.82, 2.24) is 5.32 Å². The van der Waals surface area contributed by atoms with Crippen molar-refractivity contribution >= 4 is 5.91 Å². The van der Waals surface area contributed by atoms with E-state index in [9.17, 15) is 40.5 Å². The van der Waals surface area contributed by atoms with Gasteiger partial charge < -0.3 is 50.5 Å². The number of carbonyl (C=O) groups is 1. The van der Waals surface area contributed by atoms with Crippen LogP contribution in [-0.2, 0) is 14.3 Å². The Morgan fingerprint density at radius 3 is 0.894 bits per heavy atom. The van der Waals surface area contributed by atoms with Crippen LogP contribution in [0.3, 0.4) is 0 Å². The summed E-state index contributed by atoms with van der Waals surface area (Å²) in [4.78, 5) is 13.3. The fourth-order valence-electron chi connectivity index (χ4n) is 14.2. The molecule has 11 nitrogen and oxygen atoms in total. The highest BCUT2D eigenvalue weighted by Crippen LogP contribution is 2.25. The van der Waals surface area contributed by atoms with E-state index in [1.54, 1.807) is 0 Å². The first-order valence-electron chi connectivity index (χ1n) is 42.1. The third kappa shape index (κ3) is 57.6. The molecule has 560 valence electrons. The number of rotatable bonds is 76. The van der Waals surface area contributed by atoms with Gasteiger partial charge in [0.1, 0.15) is 36.6 Å². The minimum atomic E-state index is -1.66. The molecule has 1 rings (SSSR count). The Hall–Kier alpha value is -1.15. The van der Waals surface area contributed by atoms with Gasteiger partial charge in [0.2, 0.25) is 5.91 Å². The van der Waals surface area contributed by atoms with Crippen molar-refractivity contribution in [3.8, 4) is 0 Å². The van der Waals surface area contributed by atoms with E-state index in [4.69, 9.17) is 9.47 Å². The number of aliphatic hydroxyl groups excluding tert-OH is 7. The zero-order valence-electron chi connectivity index (χ0n) is 62.5. The molecule has 94 heavy (non-hydrogen) atoms. The molecule has 8 N–H and O–H groups in total. The Morgan fingerprint density at radius 1 is 0.362 bits per heavy atom. The number of carbonyl (C=O) groups excluding carboxylic acids is 1. The fourth-order valence-corrected chi connectivity index (χ4v) is 14.2. The van der Waals surface area contributed by atoms with Crippen LogP contribution in [0.2, 0.25) is 0 Å². The summed E-state index contributed by atoms with van der Waals surface area (Å²) in [6.45, 7) is 3.54. The van der Waals surface area contributed by atoms with Gasteiger partial charge in [0, 0.05) is 0 Å². The molecule has 1 aliphatic heterocycles. The third-order valence-corrected chi connectivity index (χ3v) is 20.8. The second kappa shape index (κ2) is 71.7. The van der Waals surface area contributed by atoms with E-state index in [1.165, 1.54) is 366 Å². The van der Waals surface area contributed by atoms with Crippen LogP contribution in [0.15, 0.2) is 12.2 Å². The lowest BCUT2D eigenvalue weighted by atomic mass is 9.98.